The van der Waals surface area contributed by atoms with Gasteiger partial charge < -0.3 is 20.1 Å². The van der Waals surface area contributed by atoms with Gasteiger partial charge in [-0.2, -0.15) is 8.78 Å². The topological polar surface area (TPSA) is 103 Å². The molecule has 1 aromatic rings. The number of carbonyl (C=O) groups is 3. The van der Waals surface area contributed by atoms with Gasteiger partial charge in [-0.25, -0.2) is 0 Å². The Kier molecular flexibility index (Phi) is 4.58. The third-order valence-corrected chi connectivity index (χ3v) is 5.21. The number of hydrogen-bond donors (Lipinski definition) is 2. The molecule has 0 spiro atoms. The quantitative estimate of drug-likeness (QED) is 0.748. The number of halogens is 2. The predicted molar refractivity (Wildman–Crippen MR) is 83.6 cm³/mol. The first-order valence-electron chi connectivity index (χ1n) is 7.66. The first-order chi connectivity index (χ1) is 11.8. The number of aromatic amines is 1. The fourth-order valence-electron chi connectivity index (χ4n) is 3.23. The number of alkyl halides is 2. The van der Waals surface area contributed by atoms with Gasteiger partial charge in [0.1, 0.15) is 11.7 Å². The van der Waals surface area contributed by atoms with Gasteiger partial charge in [0, 0.05) is 24.5 Å². The number of piperazine rings is 1. The minimum atomic E-state index is -3.18. The Morgan fingerprint density at radius 2 is 2.04 bits per heavy atom. The van der Waals surface area contributed by atoms with E-state index in [1.807, 2.05) is 5.32 Å². The fourth-order valence-corrected chi connectivity index (χ4v) is 3.90. The zero-order valence-corrected chi connectivity index (χ0v) is 14.1. The highest BCUT2D eigenvalue weighted by Crippen LogP contribution is 2.25. The van der Waals surface area contributed by atoms with Gasteiger partial charge in [-0.1, -0.05) is 11.3 Å². The summed E-state index contributed by atoms with van der Waals surface area (Å²) in [6.45, 7) is 2.42. The summed E-state index contributed by atoms with van der Waals surface area (Å²) in [5.41, 5.74) is 0.232. The first-order valence-corrected chi connectivity index (χ1v) is 8.47. The monoisotopic (exact) mass is 374 g/mol. The van der Waals surface area contributed by atoms with Crippen LogP contribution in [0.4, 0.5) is 8.78 Å². The summed E-state index contributed by atoms with van der Waals surface area (Å²) in [7, 11) is 0. The van der Waals surface area contributed by atoms with Crippen molar-refractivity contribution < 1.29 is 23.2 Å². The van der Waals surface area contributed by atoms with E-state index >= 15 is 0 Å². The maximum Gasteiger partial charge on any atom is 0.315 e. The second-order valence-corrected chi connectivity index (χ2v) is 7.17. The molecule has 11 heteroatoms. The lowest BCUT2D eigenvalue weighted by Crippen LogP contribution is -2.53. The molecule has 2 aliphatic rings. The van der Waals surface area contributed by atoms with E-state index in [0.29, 0.717) is 4.88 Å². The van der Waals surface area contributed by atoms with E-state index in [2.05, 4.69) is 4.98 Å². The highest BCUT2D eigenvalue weighted by Gasteiger charge is 2.44. The number of thiazole rings is 1. The van der Waals surface area contributed by atoms with Crippen molar-refractivity contribution in [1.29, 1.82) is 0 Å². The molecule has 0 saturated carbocycles. The first kappa shape index (κ1) is 17.5. The molecule has 1 aromatic heterocycles. The molecule has 3 rings (SSSR count). The van der Waals surface area contributed by atoms with Crippen LogP contribution in [0, 0.1) is 6.92 Å². The standard InChI is InChI=1S/C14H16F2N4O4S/c1-6-9(18-14(24)25-6)13(23)19-2-3-20-7(5-19)4-8(12(20)22)17-11(21)10(15)16/h7-8,10H,2-5H2,1H3,(H,17,21)(H,18,24). The Hall–Kier alpha value is -2.30. The number of fused-ring (bicyclic) bond motifs is 1. The summed E-state index contributed by atoms with van der Waals surface area (Å²) < 4.78 is 24.7. The van der Waals surface area contributed by atoms with E-state index in [1.54, 1.807) is 6.92 Å². The molecule has 3 heterocycles. The number of hydrogen-bond acceptors (Lipinski definition) is 5. The van der Waals surface area contributed by atoms with Crippen LogP contribution >= 0.6 is 11.3 Å². The van der Waals surface area contributed by atoms with E-state index in [-0.39, 0.29) is 48.6 Å². The zero-order chi connectivity index (χ0) is 18.3. The SMILES string of the molecule is Cc1sc(=O)[nH]c1C(=O)N1CCN2C(=O)C(NC(=O)C(F)F)CC2C1. The maximum atomic E-state index is 12.5. The average molecular weight is 374 g/mol. The van der Waals surface area contributed by atoms with E-state index in [4.69, 9.17) is 0 Å². The van der Waals surface area contributed by atoms with Crippen LogP contribution in [0.15, 0.2) is 4.79 Å². The summed E-state index contributed by atoms with van der Waals surface area (Å²) in [5, 5.41) is 2.04. The highest BCUT2D eigenvalue weighted by atomic mass is 32.1. The fraction of sp³-hybridized carbons (Fsp3) is 0.571. The van der Waals surface area contributed by atoms with Gasteiger partial charge in [-0.15, -0.1) is 0 Å². The second-order valence-electron chi connectivity index (χ2n) is 5.98. The van der Waals surface area contributed by atoms with Crippen molar-refractivity contribution in [3.05, 3.63) is 20.2 Å². The van der Waals surface area contributed by atoms with Crippen molar-refractivity contribution in [1.82, 2.24) is 20.1 Å². The van der Waals surface area contributed by atoms with Crippen LogP contribution in [0.2, 0.25) is 0 Å². The van der Waals surface area contributed by atoms with Crippen molar-refractivity contribution in [2.75, 3.05) is 19.6 Å². The molecule has 0 bridgehead atoms. The normalized spacial score (nSPS) is 23.1. The molecule has 2 unspecified atom stereocenters. The Morgan fingerprint density at radius 1 is 1.32 bits per heavy atom. The maximum absolute atomic E-state index is 12.5. The van der Waals surface area contributed by atoms with E-state index in [1.165, 1.54) is 9.80 Å². The van der Waals surface area contributed by atoms with Crippen molar-refractivity contribution in [3.8, 4) is 0 Å². The Balaban J connectivity index is 1.68. The predicted octanol–water partition coefficient (Wildman–Crippen LogP) is -0.449. The minimum absolute atomic E-state index is 0.167. The number of H-pyrrole nitrogens is 1. The summed E-state index contributed by atoms with van der Waals surface area (Å²) in [6, 6.07) is -1.34. The van der Waals surface area contributed by atoms with Gasteiger partial charge in [0.2, 0.25) is 5.91 Å². The van der Waals surface area contributed by atoms with Crippen molar-refractivity contribution in [2.45, 2.75) is 31.9 Å². The molecule has 2 aliphatic heterocycles. The molecule has 0 radical (unpaired) electrons. The molecule has 136 valence electrons. The smallest absolute Gasteiger partial charge is 0.315 e. The third kappa shape index (κ3) is 3.28. The molecule has 2 N–H and O–H groups in total. The summed E-state index contributed by atoms with van der Waals surface area (Å²) >= 11 is 0.950. The number of nitrogens with one attached hydrogen (secondary N) is 2. The number of carbonyl (C=O) groups excluding carboxylic acids is 3. The number of amides is 3. The molecule has 0 aromatic carbocycles. The zero-order valence-electron chi connectivity index (χ0n) is 13.3. The molecule has 25 heavy (non-hydrogen) atoms. The van der Waals surface area contributed by atoms with Crippen LogP contribution in [-0.2, 0) is 9.59 Å². The number of aryl methyl sites for hydroxylation is 1. The number of aromatic nitrogens is 1. The van der Waals surface area contributed by atoms with Gasteiger partial charge in [0.05, 0.1) is 6.04 Å². The Bertz CT molecular complexity index is 777. The van der Waals surface area contributed by atoms with Crippen LogP contribution in [0.25, 0.3) is 0 Å². The molecule has 8 nitrogen and oxygen atoms in total. The van der Waals surface area contributed by atoms with Gasteiger partial charge in [0.15, 0.2) is 0 Å². The van der Waals surface area contributed by atoms with Crippen molar-refractivity contribution in [2.24, 2.45) is 0 Å². The molecule has 3 amide bonds. The second kappa shape index (κ2) is 6.54. The van der Waals surface area contributed by atoms with Crippen molar-refractivity contribution in [3.63, 3.8) is 0 Å². The highest BCUT2D eigenvalue weighted by molar-refractivity contribution is 7.09. The van der Waals surface area contributed by atoms with Crippen LogP contribution < -0.4 is 10.2 Å². The lowest BCUT2D eigenvalue weighted by Gasteiger charge is -2.37. The summed E-state index contributed by atoms with van der Waals surface area (Å²) in [6.07, 6.45) is -3.01. The summed E-state index contributed by atoms with van der Waals surface area (Å²) in [4.78, 5) is 53.0. The number of nitrogens with zero attached hydrogens (tertiary/aromatic N) is 2. The Labute approximate surface area is 144 Å². The molecular formula is C14H16F2N4O4S. The van der Waals surface area contributed by atoms with E-state index in [9.17, 15) is 28.0 Å². The van der Waals surface area contributed by atoms with Gasteiger partial charge >= 0.3 is 11.3 Å². The van der Waals surface area contributed by atoms with Crippen LogP contribution in [0.3, 0.4) is 0 Å². The van der Waals surface area contributed by atoms with Crippen LogP contribution in [0.5, 0.6) is 0 Å². The largest absolute Gasteiger partial charge is 0.339 e. The van der Waals surface area contributed by atoms with E-state index < -0.39 is 24.3 Å². The van der Waals surface area contributed by atoms with E-state index in [0.717, 1.165) is 11.3 Å². The molecule has 2 atom stereocenters. The molecule has 2 fully saturated rings. The number of rotatable bonds is 3. The molecule has 2 saturated heterocycles. The third-order valence-electron chi connectivity index (χ3n) is 4.41. The van der Waals surface area contributed by atoms with Crippen LogP contribution in [0.1, 0.15) is 21.8 Å². The average Bonchev–Trinajstić information content (AvgIpc) is 3.05. The minimum Gasteiger partial charge on any atom is -0.339 e. The molecule has 0 aliphatic carbocycles. The van der Waals surface area contributed by atoms with Gasteiger partial charge in [-0.3, -0.25) is 19.2 Å². The van der Waals surface area contributed by atoms with Crippen molar-refractivity contribution >= 4 is 29.1 Å². The van der Waals surface area contributed by atoms with Gasteiger partial charge in [0.25, 0.3) is 11.8 Å². The molecular weight excluding hydrogens is 358 g/mol. The van der Waals surface area contributed by atoms with Crippen LogP contribution in [-0.4, -0.2) is 70.6 Å². The lowest BCUT2D eigenvalue weighted by molar-refractivity contribution is -0.138. The summed E-state index contributed by atoms with van der Waals surface area (Å²) in [5.74, 6) is -2.22. The lowest BCUT2D eigenvalue weighted by atomic mass is 10.1. The van der Waals surface area contributed by atoms with Gasteiger partial charge in [-0.05, 0) is 13.3 Å². The Morgan fingerprint density at radius 3 is 2.64 bits per heavy atom.